The molecule has 1 atom stereocenters. The van der Waals surface area contributed by atoms with Crippen molar-refractivity contribution in [2.75, 3.05) is 31.1 Å². The molecule has 4 rings (SSSR count). The van der Waals surface area contributed by atoms with Crippen molar-refractivity contribution in [2.45, 2.75) is 18.8 Å². The lowest BCUT2D eigenvalue weighted by atomic mass is 10.1. The number of carbonyl (C=O) groups is 2. The predicted octanol–water partition coefficient (Wildman–Crippen LogP) is 3.84. The number of hydrogen-bond acceptors (Lipinski definition) is 4. The molecule has 0 unspecified atom stereocenters. The van der Waals surface area contributed by atoms with Crippen LogP contribution < -0.4 is 4.90 Å². The van der Waals surface area contributed by atoms with Crippen molar-refractivity contribution in [2.24, 2.45) is 0 Å². The Balaban J connectivity index is 1.45. The topological polar surface area (TPSA) is 76.9 Å². The number of urea groups is 1. The molecule has 0 bridgehead atoms. The summed E-state index contributed by atoms with van der Waals surface area (Å²) in [6.07, 6.45) is -5.21. The van der Waals surface area contributed by atoms with Crippen LogP contribution in [0.2, 0.25) is 0 Å². The average Bonchev–Trinajstić information content (AvgIpc) is 3.13. The molecule has 10 heteroatoms. The van der Waals surface area contributed by atoms with E-state index in [1.165, 1.54) is 21.9 Å². The Hall–Kier alpha value is -3.74. The molecule has 2 aromatic rings. The highest BCUT2D eigenvalue weighted by atomic mass is 19.4. The number of benzene rings is 2. The van der Waals surface area contributed by atoms with Gasteiger partial charge in [0.05, 0.1) is 23.2 Å². The summed E-state index contributed by atoms with van der Waals surface area (Å²) in [6, 6.07) is 13.2. The Morgan fingerprint density at radius 2 is 1.88 bits per heavy atom. The van der Waals surface area contributed by atoms with E-state index in [-0.39, 0.29) is 44.5 Å². The first-order valence-electron chi connectivity index (χ1n) is 9.93. The number of piperazine rings is 1. The summed E-state index contributed by atoms with van der Waals surface area (Å²) in [6.45, 7) is 0.998. The van der Waals surface area contributed by atoms with Gasteiger partial charge in [0.15, 0.2) is 0 Å². The van der Waals surface area contributed by atoms with Crippen molar-refractivity contribution in [3.05, 3.63) is 65.2 Å². The highest BCUT2D eigenvalue weighted by molar-refractivity contribution is 5.95. The van der Waals surface area contributed by atoms with Crippen molar-refractivity contribution in [1.82, 2.24) is 9.80 Å². The van der Waals surface area contributed by atoms with Crippen LogP contribution in [-0.4, -0.2) is 54.1 Å². The second kappa shape index (κ2) is 8.42. The number of rotatable bonds is 3. The summed E-state index contributed by atoms with van der Waals surface area (Å²) in [4.78, 5) is 29.6. The molecule has 0 spiro atoms. The normalized spacial score (nSPS) is 18.4. The first kappa shape index (κ1) is 21.5. The molecule has 0 radical (unpaired) electrons. The summed E-state index contributed by atoms with van der Waals surface area (Å²) in [7, 11) is 0. The molecule has 2 heterocycles. The quantitative estimate of drug-likeness (QED) is 0.721. The van der Waals surface area contributed by atoms with Gasteiger partial charge in [-0.25, -0.2) is 9.59 Å². The Bertz CT molecular complexity index is 1070. The van der Waals surface area contributed by atoms with Gasteiger partial charge >= 0.3 is 18.3 Å². The molecule has 0 aromatic heterocycles. The molecule has 0 aliphatic carbocycles. The average molecular weight is 444 g/mol. The third-order valence-electron chi connectivity index (χ3n) is 5.56. The van der Waals surface area contributed by atoms with Crippen LogP contribution in [0.1, 0.15) is 16.7 Å². The molecular formula is C22H19F3N4O3. The molecule has 2 aromatic carbocycles. The molecule has 0 N–H and O–H groups in total. The van der Waals surface area contributed by atoms with Gasteiger partial charge in [0, 0.05) is 31.9 Å². The van der Waals surface area contributed by atoms with E-state index in [1.54, 1.807) is 4.90 Å². The summed E-state index contributed by atoms with van der Waals surface area (Å²) < 4.78 is 45.3. The van der Waals surface area contributed by atoms with Crippen LogP contribution >= 0.6 is 0 Å². The second-order valence-electron chi connectivity index (χ2n) is 7.57. The Kier molecular flexibility index (Phi) is 5.65. The highest BCUT2D eigenvalue weighted by Gasteiger charge is 2.43. The molecule has 7 nitrogen and oxygen atoms in total. The van der Waals surface area contributed by atoms with Crippen molar-refractivity contribution >= 4 is 17.8 Å². The van der Waals surface area contributed by atoms with Gasteiger partial charge in [-0.1, -0.05) is 30.3 Å². The van der Waals surface area contributed by atoms with Gasteiger partial charge in [0.25, 0.3) is 0 Å². The number of nitrogens with zero attached hydrogens (tertiary/aromatic N) is 4. The number of nitriles is 1. The first-order chi connectivity index (χ1) is 15.3. The summed E-state index contributed by atoms with van der Waals surface area (Å²) >= 11 is 0. The Labute approximate surface area is 182 Å². The summed E-state index contributed by atoms with van der Waals surface area (Å²) in [5.74, 6) is 0. The fraction of sp³-hybridized carbons (Fsp3) is 0.318. The van der Waals surface area contributed by atoms with Gasteiger partial charge in [0.2, 0.25) is 0 Å². The smallest absolute Gasteiger partial charge is 0.417 e. The molecular weight excluding hydrogens is 425 g/mol. The minimum atomic E-state index is -4.71. The zero-order valence-corrected chi connectivity index (χ0v) is 16.9. The molecule has 2 fully saturated rings. The minimum absolute atomic E-state index is 0.0638. The van der Waals surface area contributed by atoms with Crippen LogP contribution in [0, 0.1) is 11.3 Å². The number of halogens is 3. The zero-order valence-electron chi connectivity index (χ0n) is 16.9. The lowest BCUT2D eigenvalue weighted by molar-refractivity contribution is -0.137. The van der Waals surface area contributed by atoms with E-state index < -0.39 is 29.4 Å². The van der Waals surface area contributed by atoms with Gasteiger partial charge in [-0.3, -0.25) is 4.90 Å². The van der Waals surface area contributed by atoms with Crippen LogP contribution in [-0.2, 0) is 17.5 Å². The molecule has 2 aliphatic heterocycles. The summed E-state index contributed by atoms with van der Waals surface area (Å²) in [5.41, 5.74) is -0.670. The third kappa shape index (κ3) is 4.19. The van der Waals surface area contributed by atoms with Crippen LogP contribution in [0.15, 0.2) is 48.5 Å². The molecule has 166 valence electrons. The van der Waals surface area contributed by atoms with Crippen LogP contribution in [0.4, 0.5) is 28.4 Å². The number of amides is 3. The van der Waals surface area contributed by atoms with Gasteiger partial charge in [-0.2, -0.15) is 18.4 Å². The van der Waals surface area contributed by atoms with Gasteiger partial charge in [-0.05, 0) is 23.8 Å². The van der Waals surface area contributed by atoms with E-state index >= 15 is 0 Å². The van der Waals surface area contributed by atoms with Crippen molar-refractivity contribution in [3.63, 3.8) is 0 Å². The second-order valence-corrected chi connectivity index (χ2v) is 7.57. The minimum Gasteiger partial charge on any atom is -0.445 e. The number of alkyl halides is 3. The number of ether oxygens (including phenoxy) is 1. The van der Waals surface area contributed by atoms with Gasteiger partial charge in [-0.15, -0.1) is 0 Å². The Morgan fingerprint density at radius 1 is 1.12 bits per heavy atom. The van der Waals surface area contributed by atoms with E-state index in [2.05, 4.69) is 0 Å². The lowest BCUT2D eigenvalue weighted by Crippen LogP contribution is -2.53. The van der Waals surface area contributed by atoms with E-state index in [1.807, 2.05) is 30.3 Å². The molecule has 32 heavy (non-hydrogen) atoms. The third-order valence-corrected chi connectivity index (χ3v) is 5.56. The SMILES string of the molecule is N#Cc1ccc(N2C[C@H]3CN(C(=O)OCc4ccccc4)CCN3C2=O)cc1C(F)(F)F. The fourth-order valence-corrected chi connectivity index (χ4v) is 3.93. The van der Waals surface area contributed by atoms with Crippen molar-refractivity contribution < 1.29 is 27.5 Å². The van der Waals surface area contributed by atoms with Gasteiger partial charge in [0.1, 0.15) is 6.61 Å². The van der Waals surface area contributed by atoms with Crippen LogP contribution in [0.3, 0.4) is 0 Å². The molecule has 0 saturated carbocycles. The van der Waals surface area contributed by atoms with Crippen molar-refractivity contribution in [3.8, 4) is 6.07 Å². The fourth-order valence-electron chi connectivity index (χ4n) is 3.93. The molecule has 2 aliphatic rings. The van der Waals surface area contributed by atoms with Gasteiger partial charge < -0.3 is 14.5 Å². The largest absolute Gasteiger partial charge is 0.445 e. The lowest BCUT2D eigenvalue weighted by Gasteiger charge is -2.35. The van der Waals surface area contributed by atoms with E-state index in [0.29, 0.717) is 0 Å². The highest BCUT2D eigenvalue weighted by Crippen LogP contribution is 2.36. The summed E-state index contributed by atoms with van der Waals surface area (Å²) in [5, 5.41) is 8.97. The van der Waals surface area contributed by atoms with Crippen LogP contribution in [0.25, 0.3) is 0 Å². The monoisotopic (exact) mass is 444 g/mol. The Morgan fingerprint density at radius 3 is 2.56 bits per heavy atom. The standard InChI is InChI=1S/C22H19F3N4O3/c23-22(24,25)19-10-17(7-6-16(19)11-26)29-13-18-12-27(8-9-28(18)20(29)30)21(31)32-14-15-4-2-1-3-5-15/h1-7,10,18H,8-9,12-14H2/t18-/m1/s1. The first-order valence-corrected chi connectivity index (χ1v) is 9.93. The number of hydrogen-bond donors (Lipinski definition) is 0. The molecule has 2 saturated heterocycles. The molecule has 3 amide bonds. The van der Waals surface area contributed by atoms with E-state index in [9.17, 15) is 22.8 Å². The number of carbonyl (C=O) groups excluding carboxylic acids is 2. The van der Waals surface area contributed by atoms with E-state index in [0.717, 1.165) is 17.7 Å². The van der Waals surface area contributed by atoms with Crippen LogP contribution in [0.5, 0.6) is 0 Å². The maximum atomic E-state index is 13.3. The maximum Gasteiger partial charge on any atom is 0.417 e. The zero-order chi connectivity index (χ0) is 22.9. The van der Waals surface area contributed by atoms with E-state index in [4.69, 9.17) is 10.00 Å². The number of fused-ring (bicyclic) bond motifs is 1. The maximum absolute atomic E-state index is 13.3. The number of anilines is 1. The predicted molar refractivity (Wildman–Crippen MR) is 108 cm³/mol. The van der Waals surface area contributed by atoms with Crippen molar-refractivity contribution in [1.29, 1.82) is 5.26 Å².